The fraction of sp³-hybridized carbons (Fsp3) is 0.0294. The van der Waals surface area contributed by atoms with E-state index >= 15 is 0 Å². The van der Waals surface area contributed by atoms with Crippen LogP contribution in [0.3, 0.4) is 0 Å². The molecule has 0 aliphatic rings. The maximum absolute atomic E-state index is 2.40. The van der Waals surface area contributed by atoms with Crippen LogP contribution in [-0.2, 0) is 7.05 Å². The van der Waals surface area contributed by atoms with Gasteiger partial charge in [0.2, 0.25) is 6.33 Å². The van der Waals surface area contributed by atoms with Crippen molar-refractivity contribution in [2.45, 2.75) is 0 Å². The van der Waals surface area contributed by atoms with Crippen LogP contribution in [0, 0.1) is 0 Å². The van der Waals surface area contributed by atoms with Gasteiger partial charge in [-0.1, -0.05) is 54.6 Å². The number of hydrogen-bond acceptors (Lipinski definition) is 0. The summed E-state index contributed by atoms with van der Waals surface area (Å²) in [5.74, 6) is 0. The average molecular weight is 490 g/mol. The van der Waals surface area contributed by atoms with Gasteiger partial charge in [0.25, 0.3) is 0 Å². The summed E-state index contributed by atoms with van der Waals surface area (Å²) >= 11 is 0. The highest BCUT2D eigenvalue weighted by molar-refractivity contribution is 6.19. The molecule has 0 aliphatic carbocycles. The molecule has 8 rings (SSSR count). The summed E-state index contributed by atoms with van der Waals surface area (Å²) in [5, 5.41) is 5.01. The van der Waals surface area contributed by atoms with Crippen LogP contribution >= 0.6 is 0 Å². The quantitative estimate of drug-likeness (QED) is 0.229. The molecule has 0 fully saturated rings. The molecule has 180 valence electrons. The summed E-state index contributed by atoms with van der Waals surface area (Å²) in [7, 11) is 2.05. The molecule has 0 spiro atoms. The van der Waals surface area contributed by atoms with Crippen molar-refractivity contribution in [2.75, 3.05) is 0 Å². The van der Waals surface area contributed by atoms with Gasteiger partial charge in [0.05, 0.1) is 29.1 Å². The van der Waals surface area contributed by atoms with Crippen LogP contribution in [0.1, 0.15) is 0 Å². The van der Waals surface area contributed by atoms with Gasteiger partial charge in [0.1, 0.15) is 18.1 Å². The van der Waals surface area contributed by atoms with Gasteiger partial charge in [-0.25, -0.2) is 9.13 Å². The summed E-state index contributed by atoms with van der Waals surface area (Å²) in [6, 6.07) is 41.6. The Kier molecular flexibility index (Phi) is 4.40. The Hall–Kier alpha value is -5.09. The second kappa shape index (κ2) is 7.95. The van der Waals surface area contributed by atoms with E-state index < -0.39 is 0 Å². The molecular weight excluding hydrogens is 464 g/mol. The highest BCUT2D eigenvalue weighted by Crippen LogP contribution is 2.40. The van der Waals surface area contributed by atoms with Crippen molar-refractivity contribution in [3.63, 3.8) is 0 Å². The Balaban J connectivity index is 1.54. The van der Waals surface area contributed by atoms with Gasteiger partial charge in [-0.2, -0.15) is 0 Å². The van der Waals surface area contributed by atoms with Gasteiger partial charge in [-0.3, -0.25) is 0 Å². The maximum atomic E-state index is 2.40. The zero-order valence-corrected chi connectivity index (χ0v) is 21.0. The SMILES string of the molecule is C[n+]1ccn(-c2ccc3c(c2)c2cc4c(cc2n3-c2ccccc2)c2ccccc2n4-c2ccccc2)c1. The predicted octanol–water partition coefficient (Wildman–Crippen LogP) is 7.50. The first kappa shape index (κ1) is 21.0. The van der Waals surface area contributed by atoms with Crippen molar-refractivity contribution < 1.29 is 4.57 Å². The number of imidazole rings is 1. The second-order valence-electron chi connectivity index (χ2n) is 9.93. The third kappa shape index (κ3) is 3.01. The molecular formula is C34H25N4+. The van der Waals surface area contributed by atoms with Crippen molar-refractivity contribution in [1.82, 2.24) is 13.7 Å². The molecule has 0 saturated carbocycles. The Bertz CT molecular complexity index is 2130. The maximum Gasteiger partial charge on any atom is 0.248 e. The summed E-state index contributed by atoms with van der Waals surface area (Å²) in [4.78, 5) is 0. The highest BCUT2D eigenvalue weighted by Gasteiger charge is 2.19. The number of hydrogen-bond donors (Lipinski definition) is 0. The number of nitrogens with zero attached hydrogens (tertiary/aromatic N) is 4. The predicted molar refractivity (Wildman–Crippen MR) is 156 cm³/mol. The van der Waals surface area contributed by atoms with Crippen LogP contribution in [0.25, 0.3) is 60.7 Å². The molecule has 0 saturated heterocycles. The monoisotopic (exact) mass is 489 g/mol. The molecule has 0 unspecified atom stereocenters. The van der Waals surface area contributed by atoms with E-state index in [1.54, 1.807) is 0 Å². The molecule has 8 aromatic rings. The zero-order valence-electron chi connectivity index (χ0n) is 21.0. The first-order valence-electron chi connectivity index (χ1n) is 12.9. The lowest BCUT2D eigenvalue weighted by Crippen LogP contribution is -2.23. The van der Waals surface area contributed by atoms with E-state index in [0.29, 0.717) is 0 Å². The van der Waals surface area contributed by atoms with Gasteiger partial charge in [0.15, 0.2) is 0 Å². The first-order chi connectivity index (χ1) is 18.8. The van der Waals surface area contributed by atoms with E-state index in [0.717, 1.165) is 5.69 Å². The van der Waals surface area contributed by atoms with Crippen molar-refractivity contribution >= 4 is 43.6 Å². The fourth-order valence-corrected chi connectivity index (χ4v) is 5.94. The fourth-order valence-electron chi connectivity index (χ4n) is 5.94. The Morgan fingerprint density at radius 1 is 0.474 bits per heavy atom. The number of aryl methyl sites for hydroxylation is 1. The molecule has 3 heterocycles. The minimum absolute atomic E-state index is 1.15. The third-order valence-corrected chi connectivity index (χ3v) is 7.64. The van der Waals surface area contributed by atoms with Gasteiger partial charge in [-0.05, 0) is 60.7 Å². The number of fused-ring (bicyclic) bond motifs is 6. The van der Waals surface area contributed by atoms with Crippen LogP contribution < -0.4 is 4.57 Å². The minimum atomic E-state index is 1.15. The molecule has 3 aromatic heterocycles. The largest absolute Gasteiger partial charge is 0.309 e. The average Bonchev–Trinajstić information content (AvgIpc) is 3.64. The van der Waals surface area contributed by atoms with Crippen molar-refractivity contribution in [3.05, 3.63) is 134 Å². The van der Waals surface area contributed by atoms with E-state index in [9.17, 15) is 0 Å². The molecule has 4 heteroatoms. The molecule has 0 amide bonds. The minimum Gasteiger partial charge on any atom is -0.309 e. The van der Waals surface area contributed by atoms with Crippen molar-refractivity contribution in [3.8, 4) is 17.1 Å². The molecule has 0 atom stereocenters. The van der Waals surface area contributed by atoms with Crippen molar-refractivity contribution in [2.24, 2.45) is 7.05 Å². The normalized spacial score (nSPS) is 11.8. The topological polar surface area (TPSA) is 18.7 Å². The molecule has 0 radical (unpaired) electrons. The Morgan fingerprint density at radius 2 is 1.03 bits per heavy atom. The molecule has 0 aliphatic heterocycles. The smallest absolute Gasteiger partial charge is 0.248 e. The van der Waals surface area contributed by atoms with E-state index in [2.05, 4.69) is 159 Å². The van der Waals surface area contributed by atoms with Crippen LogP contribution in [-0.4, -0.2) is 13.7 Å². The van der Waals surface area contributed by atoms with Crippen LogP contribution in [0.2, 0.25) is 0 Å². The van der Waals surface area contributed by atoms with Gasteiger partial charge in [-0.15, -0.1) is 0 Å². The lowest BCUT2D eigenvalue weighted by Gasteiger charge is -2.09. The summed E-state index contributed by atoms with van der Waals surface area (Å²) in [6.07, 6.45) is 6.27. The number of aromatic nitrogens is 4. The number of rotatable bonds is 3. The van der Waals surface area contributed by atoms with E-state index in [4.69, 9.17) is 0 Å². The second-order valence-corrected chi connectivity index (χ2v) is 9.93. The zero-order chi connectivity index (χ0) is 25.2. The van der Waals surface area contributed by atoms with Gasteiger partial charge in [0, 0.05) is 32.9 Å². The number of benzene rings is 5. The molecule has 0 N–H and O–H groups in total. The molecule has 5 aromatic carbocycles. The van der Waals surface area contributed by atoms with Crippen molar-refractivity contribution in [1.29, 1.82) is 0 Å². The third-order valence-electron chi connectivity index (χ3n) is 7.64. The lowest BCUT2D eigenvalue weighted by atomic mass is 10.1. The molecule has 38 heavy (non-hydrogen) atoms. The molecule has 4 nitrogen and oxygen atoms in total. The van der Waals surface area contributed by atoms with Gasteiger partial charge < -0.3 is 9.13 Å². The summed E-state index contributed by atoms with van der Waals surface area (Å²) in [6.45, 7) is 0. The van der Waals surface area contributed by atoms with Gasteiger partial charge >= 0.3 is 0 Å². The summed E-state index contributed by atoms with van der Waals surface area (Å²) in [5.41, 5.74) is 8.34. The Morgan fingerprint density at radius 3 is 1.66 bits per heavy atom. The van der Waals surface area contributed by atoms with E-state index in [-0.39, 0.29) is 0 Å². The van der Waals surface area contributed by atoms with Crippen LogP contribution in [0.15, 0.2) is 134 Å². The lowest BCUT2D eigenvalue weighted by molar-refractivity contribution is -0.670. The first-order valence-corrected chi connectivity index (χ1v) is 12.9. The van der Waals surface area contributed by atoms with E-state index in [1.807, 2.05) is 0 Å². The van der Waals surface area contributed by atoms with Crippen LogP contribution in [0.4, 0.5) is 0 Å². The number of para-hydroxylation sites is 3. The van der Waals surface area contributed by atoms with E-state index in [1.165, 1.54) is 55.0 Å². The highest BCUT2D eigenvalue weighted by atomic mass is 15.1. The molecule has 0 bridgehead atoms. The standard InChI is InChI=1S/C34H25N4/c1-35-18-19-36(23-35)26-16-17-32-28(20-26)30-22-33-29(21-34(30)38(32)25-12-6-3-7-13-25)27-14-8-9-15-31(27)37(33)24-10-4-2-5-11-24/h2-23H,1H3/q+1. The van der Waals surface area contributed by atoms with Crippen LogP contribution in [0.5, 0.6) is 0 Å². The Labute approximate surface area is 219 Å². The summed E-state index contributed by atoms with van der Waals surface area (Å²) < 4.78 is 9.04.